The molecule has 0 radical (unpaired) electrons. The molecule has 2 aliphatic rings. The van der Waals surface area contributed by atoms with Crippen LogP contribution < -0.4 is 0 Å². The van der Waals surface area contributed by atoms with Crippen LogP contribution in [0.2, 0.25) is 5.02 Å². The van der Waals surface area contributed by atoms with E-state index in [4.69, 9.17) is 11.6 Å². The van der Waals surface area contributed by atoms with Gasteiger partial charge in [0.25, 0.3) is 0 Å². The first-order valence-corrected chi connectivity index (χ1v) is 10.6. The monoisotopic (exact) mass is 382 g/mol. The third kappa shape index (κ3) is 3.00. The summed E-state index contributed by atoms with van der Waals surface area (Å²) in [4.78, 5) is 1.67. The molecule has 1 aromatic carbocycles. The molecule has 2 atom stereocenters. The Labute approximate surface area is 139 Å². The minimum atomic E-state index is -3.99. The van der Waals surface area contributed by atoms with E-state index < -0.39 is 31.7 Å². The smallest absolute Gasteiger partial charge is 0.244 e. The fourth-order valence-corrected chi connectivity index (χ4v) is 7.50. The van der Waals surface area contributed by atoms with Crippen LogP contribution in [0.15, 0.2) is 23.1 Å². The van der Waals surface area contributed by atoms with E-state index >= 15 is 0 Å². The molecule has 6 nitrogen and oxygen atoms in total. The van der Waals surface area contributed by atoms with E-state index in [0.29, 0.717) is 6.54 Å². The molecule has 3 rings (SSSR count). The van der Waals surface area contributed by atoms with Gasteiger partial charge in [0, 0.05) is 19.1 Å². The highest BCUT2D eigenvalue weighted by Gasteiger charge is 2.49. The van der Waals surface area contributed by atoms with Gasteiger partial charge in [-0.1, -0.05) is 11.6 Å². The lowest BCUT2D eigenvalue weighted by molar-refractivity contribution is 0.121. The molecule has 0 aliphatic carbocycles. The Hall–Kier alpha value is -0.740. The van der Waals surface area contributed by atoms with Gasteiger partial charge in [-0.3, -0.25) is 4.90 Å². The fraction of sp³-hybridized carbons (Fsp3) is 0.538. The van der Waals surface area contributed by atoms with Crippen molar-refractivity contribution < 1.29 is 21.2 Å². The standard InChI is InChI=1S/C13H16ClFN2O4S2/c1-16-4-5-17(12-8-22(18,19)7-11(12)16)23(20,21)13-3-2-9(15)6-10(13)14/h2-3,6,11-12H,4-5,7-8H2,1H3/t11-,12+/m1/s1. The molecular weight excluding hydrogens is 367 g/mol. The second-order valence-corrected chi connectivity index (χ2v) is 10.3. The molecule has 2 saturated heterocycles. The van der Waals surface area contributed by atoms with E-state index in [2.05, 4.69) is 0 Å². The van der Waals surface area contributed by atoms with Crippen molar-refractivity contribution in [2.45, 2.75) is 17.0 Å². The Balaban J connectivity index is 2.03. The summed E-state index contributed by atoms with van der Waals surface area (Å²) in [6.45, 7) is 0.595. The van der Waals surface area contributed by atoms with E-state index in [1.54, 1.807) is 7.05 Å². The summed E-state index contributed by atoms with van der Waals surface area (Å²) in [6, 6.07) is 2.06. The maximum absolute atomic E-state index is 13.2. The maximum Gasteiger partial charge on any atom is 0.244 e. The first-order valence-electron chi connectivity index (χ1n) is 6.99. The molecule has 2 heterocycles. The number of sulfone groups is 1. The van der Waals surface area contributed by atoms with Gasteiger partial charge in [-0.2, -0.15) is 4.31 Å². The molecule has 1 aromatic rings. The number of fused-ring (bicyclic) bond motifs is 1. The average molecular weight is 383 g/mol. The number of likely N-dealkylation sites (N-methyl/N-ethyl adjacent to an activating group) is 1. The predicted octanol–water partition coefficient (Wildman–Crippen LogP) is 0.581. The van der Waals surface area contributed by atoms with Gasteiger partial charge in [-0.15, -0.1) is 0 Å². The molecular formula is C13H16ClFN2O4S2. The number of halogens is 2. The molecule has 0 amide bonds. The summed E-state index contributed by atoms with van der Waals surface area (Å²) in [5.74, 6) is -0.897. The highest BCUT2D eigenvalue weighted by Crippen LogP contribution is 2.33. The molecule has 23 heavy (non-hydrogen) atoms. The van der Waals surface area contributed by atoms with Crippen molar-refractivity contribution in [2.75, 3.05) is 31.6 Å². The number of piperazine rings is 1. The molecule has 2 aliphatic heterocycles. The topological polar surface area (TPSA) is 74.8 Å². The van der Waals surface area contributed by atoms with Crippen molar-refractivity contribution >= 4 is 31.5 Å². The van der Waals surface area contributed by atoms with Crippen molar-refractivity contribution in [1.82, 2.24) is 9.21 Å². The van der Waals surface area contributed by atoms with Crippen LogP contribution in [-0.2, 0) is 19.9 Å². The Morgan fingerprint density at radius 3 is 2.52 bits per heavy atom. The lowest BCUT2D eigenvalue weighted by Gasteiger charge is -2.41. The average Bonchev–Trinajstić information content (AvgIpc) is 2.74. The second kappa shape index (κ2) is 5.66. The first kappa shape index (κ1) is 17.1. The van der Waals surface area contributed by atoms with Crippen LogP contribution in [-0.4, -0.2) is 69.8 Å². The molecule has 0 spiro atoms. The molecule has 0 saturated carbocycles. The van der Waals surface area contributed by atoms with Crippen LogP contribution in [0, 0.1) is 5.82 Å². The van der Waals surface area contributed by atoms with Gasteiger partial charge in [-0.25, -0.2) is 21.2 Å². The van der Waals surface area contributed by atoms with E-state index in [-0.39, 0.29) is 34.0 Å². The zero-order chi connectivity index (χ0) is 17.0. The molecule has 10 heteroatoms. The largest absolute Gasteiger partial charge is 0.299 e. The Morgan fingerprint density at radius 1 is 1.22 bits per heavy atom. The molecule has 0 bridgehead atoms. The third-order valence-corrected chi connectivity index (χ3v) is 8.49. The van der Waals surface area contributed by atoms with Crippen LogP contribution in [0.1, 0.15) is 0 Å². The zero-order valence-corrected chi connectivity index (χ0v) is 14.7. The normalized spacial score (nSPS) is 28.7. The van der Waals surface area contributed by atoms with Crippen molar-refractivity contribution in [3.63, 3.8) is 0 Å². The van der Waals surface area contributed by atoms with Crippen LogP contribution in [0.5, 0.6) is 0 Å². The number of rotatable bonds is 2. The summed E-state index contributed by atoms with van der Waals surface area (Å²) in [6.07, 6.45) is 0. The van der Waals surface area contributed by atoms with E-state index in [0.717, 1.165) is 18.2 Å². The van der Waals surface area contributed by atoms with Crippen molar-refractivity contribution in [1.29, 1.82) is 0 Å². The number of nitrogens with zero attached hydrogens (tertiary/aromatic N) is 2. The number of hydrogen-bond donors (Lipinski definition) is 0. The van der Waals surface area contributed by atoms with Crippen LogP contribution in [0.25, 0.3) is 0 Å². The van der Waals surface area contributed by atoms with Crippen molar-refractivity contribution in [2.24, 2.45) is 0 Å². The van der Waals surface area contributed by atoms with E-state index in [1.807, 2.05) is 4.90 Å². The molecule has 0 aromatic heterocycles. The van der Waals surface area contributed by atoms with E-state index in [9.17, 15) is 21.2 Å². The summed E-state index contributed by atoms with van der Waals surface area (Å²) >= 11 is 5.89. The van der Waals surface area contributed by atoms with E-state index in [1.165, 1.54) is 4.31 Å². The zero-order valence-electron chi connectivity index (χ0n) is 12.3. The van der Waals surface area contributed by atoms with Gasteiger partial charge in [0.1, 0.15) is 10.7 Å². The predicted molar refractivity (Wildman–Crippen MR) is 84.2 cm³/mol. The Morgan fingerprint density at radius 2 is 1.87 bits per heavy atom. The second-order valence-electron chi connectivity index (χ2n) is 5.88. The highest BCUT2D eigenvalue weighted by atomic mass is 35.5. The number of sulfonamides is 1. The van der Waals surface area contributed by atoms with Gasteiger partial charge < -0.3 is 0 Å². The van der Waals surface area contributed by atoms with Gasteiger partial charge in [-0.05, 0) is 25.2 Å². The molecule has 128 valence electrons. The Kier molecular flexibility index (Phi) is 4.21. The lowest BCUT2D eigenvalue weighted by atomic mass is 10.1. The molecule has 2 fully saturated rings. The highest BCUT2D eigenvalue weighted by molar-refractivity contribution is 7.92. The summed E-state index contributed by atoms with van der Waals surface area (Å²) in [7, 11) is -5.50. The lowest BCUT2D eigenvalue weighted by Crippen LogP contribution is -2.59. The maximum atomic E-state index is 13.2. The Bertz CT molecular complexity index is 844. The fourth-order valence-electron chi connectivity index (χ4n) is 3.20. The van der Waals surface area contributed by atoms with Crippen LogP contribution in [0.4, 0.5) is 4.39 Å². The van der Waals surface area contributed by atoms with Gasteiger partial charge in [0.05, 0.1) is 22.6 Å². The van der Waals surface area contributed by atoms with Gasteiger partial charge >= 0.3 is 0 Å². The van der Waals surface area contributed by atoms with Gasteiger partial charge in [0.15, 0.2) is 9.84 Å². The number of benzene rings is 1. The summed E-state index contributed by atoms with van der Waals surface area (Å²) in [5.41, 5.74) is 0. The SMILES string of the molecule is CN1CCN(S(=O)(=O)c2ccc(F)cc2Cl)[C@H]2CS(=O)(=O)C[C@H]21. The first-order chi connectivity index (χ1) is 10.6. The summed E-state index contributed by atoms with van der Waals surface area (Å²) in [5, 5.41) is -0.207. The third-order valence-electron chi connectivity index (χ3n) is 4.38. The van der Waals surface area contributed by atoms with Crippen molar-refractivity contribution in [3.05, 3.63) is 29.0 Å². The molecule has 0 unspecified atom stereocenters. The minimum absolute atomic E-state index is 0.0582. The van der Waals surface area contributed by atoms with Crippen LogP contribution in [0.3, 0.4) is 0 Å². The number of hydrogen-bond acceptors (Lipinski definition) is 5. The quantitative estimate of drug-likeness (QED) is 0.748. The molecule has 0 N–H and O–H groups in total. The summed E-state index contributed by atoms with van der Waals surface area (Å²) < 4.78 is 64.0. The van der Waals surface area contributed by atoms with Crippen LogP contribution >= 0.6 is 11.6 Å². The van der Waals surface area contributed by atoms with Crippen molar-refractivity contribution in [3.8, 4) is 0 Å². The van der Waals surface area contributed by atoms with Gasteiger partial charge in [0.2, 0.25) is 10.0 Å². The minimum Gasteiger partial charge on any atom is -0.299 e.